The summed E-state index contributed by atoms with van der Waals surface area (Å²) >= 11 is 0. The SMILES string of the molecule is CC(C)(C)NC(=O)OCCN(C1CCN(Cc2ccccc2)CC1)S(=O)(=O)c1ccc(Nc2nccc(-c3ccc(F)cc3)n2)cc1. The second-order valence-electron chi connectivity index (χ2n) is 12.5. The van der Waals surface area contributed by atoms with Gasteiger partial charge in [0.25, 0.3) is 0 Å². The first-order valence-electron chi connectivity index (χ1n) is 15.7. The average molecular weight is 661 g/mol. The van der Waals surface area contributed by atoms with E-state index in [-0.39, 0.29) is 29.9 Å². The Morgan fingerprint density at radius 3 is 2.32 bits per heavy atom. The number of nitrogens with zero attached hydrogens (tertiary/aromatic N) is 4. The minimum absolute atomic E-state index is 0.0350. The molecule has 47 heavy (non-hydrogen) atoms. The number of piperidine rings is 1. The van der Waals surface area contributed by atoms with Crippen molar-refractivity contribution in [1.29, 1.82) is 0 Å². The molecule has 248 valence electrons. The summed E-state index contributed by atoms with van der Waals surface area (Å²) in [6.07, 6.45) is 2.32. The molecule has 0 unspecified atom stereocenters. The number of halogens is 1. The van der Waals surface area contributed by atoms with Crippen molar-refractivity contribution in [2.75, 3.05) is 31.6 Å². The molecule has 0 radical (unpaired) electrons. The van der Waals surface area contributed by atoms with Gasteiger partial charge in [0.05, 0.1) is 10.6 Å². The molecule has 0 aliphatic carbocycles. The van der Waals surface area contributed by atoms with Gasteiger partial charge in [0.15, 0.2) is 0 Å². The van der Waals surface area contributed by atoms with Crippen LogP contribution in [0.4, 0.5) is 20.8 Å². The highest BCUT2D eigenvalue weighted by Gasteiger charge is 2.34. The van der Waals surface area contributed by atoms with Crippen molar-refractivity contribution >= 4 is 27.8 Å². The number of carbonyl (C=O) groups is 1. The number of sulfonamides is 1. The molecular formula is C35H41FN6O4S. The molecule has 0 bridgehead atoms. The van der Waals surface area contributed by atoms with Gasteiger partial charge in [-0.15, -0.1) is 0 Å². The van der Waals surface area contributed by atoms with E-state index in [9.17, 15) is 17.6 Å². The quantitative estimate of drug-likeness (QED) is 0.195. The zero-order chi connectivity index (χ0) is 33.4. The lowest BCUT2D eigenvalue weighted by atomic mass is 10.0. The third kappa shape index (κ3) is 9.57. The van der Waals surface area contributed by atoms with Gasteiger partial charge in [-0.05, 0) is 93.8 Å². The van der Waals surface area contributed by atoms with Crippen LogP contribution in [0.25, 0.3) is 11.3 Å². The van der Waals surface area contributed by atoms with E-state index < -0.39 is 21.7 Å². The minimum Gasteiger partial charge on any atom is -0.448 e. The van der Waals surface area contributed by atoms with Crippen LogP contribution in [0.15, 0.2) is 96.0 Å². The maximum absolute atomic E-state index is 14.1. The van der Waals surface area contributed by atoms with E-state index in [0.29, 0.717) is 30.2 Å². The molecule has 1 aromatic heterocycles. The van der Waals surface area contributed by atoms with E-state index in [0.717, 1.165) is 25.2 Å². The average Bonchev–Trinajstić information content (AvgIpc) is 3.04. The number of likely N-dealkylation sites (tertiary alicyclic amines) is 1. The molecule has 1 aliphatic rings. The molecule has 1 amide bonds. The van der Waals surface area contributed by atoms with E-state index in [1.165, 1.54) is 22.0 Å². The number of ether oxygens (including phenoxy) is 1. The summed E-state index contributed by atoms with van der Waals surface area (Å²) in [4.78, 5) is 23.6. The van der Waals surface area contributed by atoms with Gasteiger partial charge >= 0.3 is 6.09 Å². The van der Waals surface area contributed by atoms with Crippen molar-refractivity contribution in [3.8, 4) is 11.3 Å². The molecule has 0 spiro atoms. The van der Waals surface area contributed by atoms with Crippen LogP contribution in [-0.4, -0.2) is 71.5 Å². The first-order chi connectivity index (χ1) is 22.5. The number of rotatable bonds is 11. The highest BCUT2D eigenvalue weighted by Crippen LogP contribution is 2.27. The largest absolute Gasteiger partial charge is 0.448 e. The summed E-state index contributed by atoms with van der Waals surface area (Å²) < 4.78 is 48.4. The van der Waals surface area contributed by atoms with Gasteiger partial charge in [-0.25, -0.2) is 27.6 Å². The van der Waals surface area contributed by atoms with Gasteiger partial charge in [0, 0.05) is 55.2 Å². The van der Waals surface area contributed by atoms with Crippen LogP contribution in [0.3, 0.4) is 0 Å². The third-order valence-electron chi connectivity index (χ3n) is 7.75. The fraction of sp³-hybridized carbons (Fsp3) is 0.343. The Morgan fingerprint density at radius 2 is 1.66 bits per heavy atom. The van der Waals surface area contributed by atoms with Crippen LogP contribution in [0.5, 0.6) is 0 Å². The molecule has 1 aliphatic heterocycles. The normalized spacial score (nSPS) is 14.6. The monoisotopic (exact) mass is 660 g/mol. The smallest absolute Gasteiger partial charge is 0.407 e. The van der Waals surface area contributed by atoms with E-state index in [2.05, 4.69) is 37.6 Å². The van der Waals surface area contributed by atoms with Gasteiger partial charge in [0.1, 0.15) is 12.4 Å². The predicted molar refractivity (Wildman–Crippen MR) is 180 cm³/mol. The number of alkyl carbamates (subject to hydrolysis) is 1. The number of carbonyl (C=O) groups excluding carboxylic acids is 1. The van der Waals surface area contributed by atoms with Crippen LogP contribution < -0.4 is 10.6 Å². The molecule has 0 atom stereocenters. The van der Waals surface area contributed by atoms with Gasteiger partial charge in [-0.2, -0.15) is 4.31 Å². The number of hydrogen-bond donors (Lipinski definition) is 2. The highest BCUT2D eigenvalue weighted by atomic mass is 32.2. The maximum Gasteiger partial charge on any atom is 0.407 e. The summed E-state index contributed by atoms with van der Waals surface area (Å²) in [6.45, 7) is 7.80. The third-order valence-corrected chi connectivity index (χ3v) is 9.71. The Hall–Kier alpha value is -4.39. The number of hydrogen-bond acceptors (Lipinski definition) is 8. The summed E-state index contributed by atoms with van der Waals surface area (Å²) in [6, 6.07) is 24.1. The second-order valence-corrected chi connectivity index (χ2v) is 14.4. The topological polar surface area (TPSA) is 117 Å². The second kappa shape index (κ2) is 15.0. The Labute approximate surface area is 276 Å². The number of aromatic nitrogens is 2. The molecule has 2 heterocycles. The van der Waals surface area contributed by atoms with E-state index in [4.69, 9.17) is 4.74 Å². The van der Waals surface area contributed by atoms with Gasteiger partial charge < -0.3 is 15.4 Å². The lowest BCUT2D eigenvalue weighted by molar-refractivity contribution is 0.112. The maximum atomic E-state index is 14.1. The first kappa shape index (κ1) is 34.0. The number of anilines is 2. The van der Waals surface area contributed by atoms with Crippen LogP contribution >= 0.6 is 0 Å². The number of benzene rings is 3. The van der Waals surface area contributed by atoms with E-state index >= 15 is 0 Å². The highest BCUT2D eigenvalue weighted by molar-refractivity contribution is 7.89. The van der Waals surface area contributed by atoms with Gasteiger partial charge in [-0.1, -0.05) is 30.3 Å². The van der Waals surface area contributed by atoms with Crippen LogP contribution in [0.1, 0.15) is 39.2 Å². The Kier molecular flexibility index (Phi) is 10.8. The number of amides is 1. The molecule has 3 aromatic carbocycles. The van der Waals surface area contributed by atoms with Crippen molar-refractivity contribution in [2.24, 2.45) is 0 Å². The molecule has 5 rings (SSSR count). The van der Waals surface area contributed by atoms with E-state index in [1.54, 1.807) is 48.7 Å². The van der Waals surface area contributed by atoms with E-state index in [1.807, 2.05) is 39.0 Å². The lowest BCUT2D eigenvalue weighted by Crippen LogP contribution is -2.48. The van der Waals surface area contributed by atoms with Crippen molar-refractivity contribution in [3.05, 3.63) is 103 Å². The Bertz CT molecular complexity index is 1720. The number of nitrogens with one attached hydrogen (secondary N) is 2. The van der Waals surface area contributed by atoms with Gasteiger partial charge in [-0.3, -0.25) is 4.90 Å². The minimum atomic E-state index is -3.93. The van der Waals surface area contributed by atoms with Crippen LogP contribution in [0, 0.1) is 5.82 Å². The van der Waals surface area contributed by atoms with Crippen molar-refractivity contribution in [2.45, 2.75) is 56.6 Å². The summed E-state index contributed by atoms with van der Waals surface area (Å²) in [5, 5.41) is 5.86. The summed E-state index contributed by atoms with van der Waals surface area (Å²) in [5.74, 6) is -0.0150. The van der Waals surface area contributed by atoms with Crippen LogP contribution in [0.2, 0.25) is 0 Å². The molecule has 1 fully saturated rings. The zero-order valence-electron chi connectivity index (χ0n) is 26.9. The van der Waals surface area contributed by atoms with Crippen molar-refractivity contribution in [1.82, 2.24) is 24.5 Å². The van der Waals surface area contributed by atoms with Crippen molar-refractivity contribution in [3.63, 3.8) is 0 Å². The first-order valence-corrected chi connectivity index (χ1v) is 17.1. The van der Waals surface area contributed by atoms with Crippen LogP contribution in [-0.2, 0) is 21.3 Å². The Balaban J connectivity index is 1.28. The fourth-order valence-electron chi connectivity index (χ4n) is 5.45. The predicted octanol–water partition coefficient (Wildman–Crippen LogP) is 6.21. The molecular weight excluding hydrogens is 619 g/mol. The molecule has 10 nitrogen and oxygen atoms in total. The summed E-state index contributed by atoms with van der Waals surface area (Å²) in [7, 11) is -3.93. The zero-order valence-corrected chi connectivity index (χ0v) is 27.7. The molecule has 0 saturated carbocycles. The fourth-order valence-corrected chi connectivity index (χ4v) is 7.12. The summed E-state index contributed by atoms with van der Waals surface area (Å²) in [5.41, 5.74) is 2.70. The standard InChI is InChI=1S/C35H41FN6O4S/c1-35(2,3)40-34(43)46-24-23-42(30-18-21-41(22-19-30)25-26-7-5-4-6-8-26)47(44,45)31-15-13-29(14-16-31)38-33-37-20-17-32(39-33)27-9-11-28(36)12-10-27/h4-17,20,30H,18-19,21-25H2,1-3H3,(H,40,43)(H,37,38,39). The molecule has 1 saturated heterocycles. The van der Waals surface area contributed by atoms with Gasteiger partial charge in [0.2, 0.25) is 16.0 Å². The molecule has 4 aromatic rings. The Morgan fingerprint density at radius 1 is 0.979 bits per heavy atom. The van der Waals surface area contributed by atoms with Crippen molar-refractivity contribution < 1.29 is 22.3 Å². The molecule has 2 N–H and O–H groups in total. The molecule has 12 heteroatoms. The lowest BCUT2D eigenvalue weighted by Gasteiger charge is -2.37.